The molecule has 0 aliphatic carbocycles. The average molecular weight is 302 g/mol. The van der Waals surface area contributed by atoms with Crippen LogP contribution in [0.3, 0.4) is 0 Å². The summed E-state index contributed by atoms with van der Waals surface area (Å²) >= 11 is 0. The summed E-state index contributed by atoms with van der Waals surface area (Å²) in [5.41, 5.74) is 0. The molecule has 1 aromatic rings. The van der Waals surface area contributed by atoms with Crippen LogP contribution in [0.1, 0.15) is 19.8 Å². The van der Waals surface area contributed by atoms with E-state index in [2.05, 4.69) is 0 Å². The number of aliphatic hydroxyl groups excluding tert-OH is 1. The van der Waals surface area contributed by atoms with Crippen LogP contribution in [-0.4, -0.2) is 45.4 Å². The molecule has 0 amide bonds. The SMILES string of the molecule is COC(CC(C[C@H](C)O)S(=O)(=O)c1ccccc1)OC. The summed E-state index contributed by atoms with van der Waals surface area (Å²) in [5.74, 6) is 0. The van der Waals surface area contributed by atoms with E-state index in [1.165, 1.54) is 14.2 Å². The van der Waals surface area contributed by atoms with Gasteiger partial charge in [0.2, 0.25) is 0 Å². The Morgan fingerprint density at radius 1 is 1.10 bits per heavy atom. The van der Waals surface area contributed by atoms with Crippen molar-refractivity contribution in [2.24, 2.45) is 0 Å². The van der Waals surface area contributed by atoms with E-state index in [0.29, 0.717) is 0 Å². The molecule has 5 nitrogen and oxygen atoms in total. The van der Waals surface area contributed by atoms with Gasteiger partial charge in [-0.25, -0.2) is 8.42 Å². The zero-order chi connectivity index (χ0) is 15.2. The minimum Gasteiger partial charge on any atom is -0.393 e. The molecule has 1 N–H and O–H groups in total. The van der Waals surface area contributed by atoms with Gasteiger partial charge in [0.1, 0.15) is 0 Å². The Labute approximate surface area is 120 Å². The van der Waals surface area contributed by atoms with Gasteiger partial charge in [-0.15, -0.1) is 0 Å². The first-order chi connectivity index (χ1) is 9.41. The second-order valence-electron chi connectivity index (χ2n) is 4.70. The van der Waals surface area contributed by atoms with Crippen molar-refractivity contribution in [1.29, 1.82) is 0 Å². The summed E-state index contributed by atoms with van der Waals surface area (Å²) in [5, 5.41) is 8.79. The van der Waals surface area contributed by atoms with Crippen molar-refractivity contribution in [3.8, 4) is 0 Å². The minimum atomic E-state index is -3.53. The molecule has 2 atom stereocenters. The van der Waals surface area contributed by atoms with E-state index >= 15 is 0 Å². The van der Waals surface area contributed by atoms with Crippen molar-refractivity contribution in [2.45, 2.75) is 42.3 Å². The van der Waals surface area contributed by atoms with Crippen LogP contribution < -0.4 is 0 Å². The van der Waals surface area contributed by atoms with E-state index in [4.69, 9.17) is 9.47 Å². The molecule has 0 saturated heterocycles. The molecular weight excluding hydrogens is 280 g/mol. The first-order valence-corrected chi connectivity index (χ1v) is 7.99. The highest BCUT2D eigenvalue weighted by atomic mass is 32.2. The maximum atomic E-state index is 12.6. The summed E-state index contributed by atoms with van der Waals surface area (Å²) in [6, 6.07) is 8.22. The van der Waals surface area contributed by atoms with Crippen molar-refractivity contribution in [1.82, 2.24) is 0 Å². The van der Waals surface area contributed by atoms with Gasteiger partial charge in [0, 0.05) is 20.6 Å². The topological polar surface area (TPSA) is 72.8 Å². The van der Waals surface area contributed by atoms with Gasteiger partial charge in [-0.1, -0.05) is 18.2 Å². The van der Waals surface area contributed by atoms with Gasteiger partial charge < -0.3 is 14.6 Å². The maximum Gasteiger partial charge on any atom is 0.181 e. The van der Waals surface area contributed by atoms with E-state index in [1.807, 2.05) is 0 Å². The summed E-state index contributed by atoms with van der Waals surface area (Å²) in [7, 11) is -0.609. The van der Waals surface area contributed by atoms with Crippen LogP contribution in [0.2, 0.25) is 0 Å². The normalized spacial score (nSPS) is 15.2. The quantitative estimate of drug-likeness (QED) is 0.739. The summed E-state index contributed by atoms with van der Waals surface area (Å²) in [6.07, 6.45) is -1.01. The highest BCUT2D eigenvalue weighted by Gasteiger charge is 2.31. The van der Waals surface area contributed by atoms with Crippen LogP contribution in [0.25, 0.3) is 0 Å². The molecule has 0 spiro atoms. The number of aliphatic hydroxyl groups is 1. The third kappa shape index (κ3) is 4.56. The summed E-state index contributed by atoms with van der Waals surface area (Å²) in [4.78, 5) is 0.247. The lowest BCUT2D eigenvalue weighted by atomic mass is 10.1. The highest BCUT2D eigenvalue weighted by Crippen LogP contribution is 2.24. The third-order valence-corrected chi connectivity index (χ3v) is 5.29. The van der Waals surface area contributed by atoms with Crippen molar-refractivity contribution in [2.75, 3.05) is 14.2 Å². The molecule has 1 rings (SSSR count). The Balaban J connectivity index is 3.03. The van der Waals surface area contributed by atoms with Crippen molar-refractivity contribution >= 4 is 9.84 Å². The number of methoxy groups -OCH3 is 2. The number of rotatable bonds is 8. The predicted octanol–water partition coefficient (Wildman–Crippen LogP) is 1.61. The summed E-state index contributed by atoms with van der Waals surface area (Å²) < 4.78 is 35.4. The molecule has 0 aliphatic rings. The first-order valence-electron chi connectivity index (χ1n) is 6.44. The van der Waals surface area contributed by atoms with Crippen LogP contribution >= 0.6 is 0 Å². The van der Waals surface area contributed by atoms with Crippen LogP contribution in [0.15, 0.2) is 35.2 Å². The van der Waals surface area contributed by atoms with Crippen molar-refractivity contribution < 1.29 is 23.0 Å². The molecule has 0 bridgehead atoms. The van der Waals surface area contributed by atoms with Gasteiger partial charge in [-0.2, -0.15) is 0 Å². The van der Waals surface area contributed by atoms with Crippen molar-refractivity contribution in [3.63, 3.8) is 0 Å². The molecule has 20 heavy (non-hydrogen) atoms. The monoisotopic (exact) mass is 302 g/mol. The number of hydrogen-bond acceptors (Lipinski definition) is 5. The first kappa shape index (κ1) is 17.1. The Kier molecular flexibility index (Phi) is 6.61. The molecule has 0 aliphatic heterocycles. The van der Waals surface area contributed by atoms with Crippen LogP contribution in [0, 0.1) is 0 Å². The summed E-state index contributed by atoms with van der Waals surface area (Å²) in [6.45, 7) is 1.57. The molecule has 0 fully saturated rings. The molecule has 0 heterocycles. The maximum absolute atomic E-state index is 12.6. The lowest BCUT2D eigenvalue weighted by Crippen LogP contribution is -2.31. The zero-order valence-corrected chi connectivity index (χ0v) is 12.8. The Morgan fingerprint density at radius 3 is 2.10 bits per heavy atom. The second kappa shape index (κ2) is 7.73. The fourth-order valence-electron chi connectivity index (χ4n) is 2.04. The largest absolute Gasteiger partial charge is 0.393 e. The van der Waals surface area contributed by atoms with Gasteiger partial charge in [-0.05, 0) is 25.5 Å². The predicted molar refractivity (Wildman–Crippen MR) is 76.1 cm³/mol. The smallest absolute Gasteiger partial charge is 0.181 e. The van der Waals surface area contributed by atoms with E-state index in [0.717, 1.165) is 0 Å². The average Bonchev–Trinajstić information content (AvgIpc) is 2.43. The van der Waals surface area contributed by atoms with Crippen LogP contribution in [-0.2, 0) is 19.3 Å². The van der Waals surface area contributed by atoms with Gasteiger partial charge in [-0.3, -0.25) is 0 Å². The number of benzene rings is 1. The number of sulfone groups is 1. The fourth-order valence-corrected chi connectivity index (χ4v) is 3.90. The van der Waals surface area contributed by atoms with E-state index in [1.54, 1.807) is 37.3 Å². The van der Waals surface area contributed by atoms with Gasteiger partial charge >= 0.3 is 0 Å². The molecule has 114 valence electrons. The van der Waals surface area contributed by atoms with Gasteiger partial charge in [0.15, 0.2) is 16.1 Å². The molecule has 0 aromatic heterocycles. The van der Waals surface area contributed by atoms with Crippen LogP contribution in [0.5, 0.6) is 0 Å². The van der Waals surface area contributed by atoms with Gasteiger partial charge in [0.05, 0.1) is 16.2 Å². The Hall–Kier alpha value is -0.950. The molecular formula is C14H22O5S. The highest BCUT2D eigenvalue weighted by molar-refractivity contribution is 7.92. The Bertz CT molecular complexity index is 480. The molecule has 1 aromatic carbocycles. The van der Waals surface area contributed by atoms with Crippen LogP contribution in [0.4, 0.5) is 0 Å². The standard InChI is InChI=1S/C14H22O5S/c1-11(15)9-13(10-14(18-2)19-3)20(16,17)12-7-5-4-6-8-12/h4-8,11,13-15H,9-10H2,1-3H3/t11-,13?/m0/s1. The van der Waals surface area contributed by atoms with Crippen molar-refractivity contribution in [3.05, 3.63) is 30.3 Å². The lowest BCUT2D eigenvalue weighted by Gasteiger charge is -2.23. The van der Waals surface area contributed by atoms with E-state index < -0.39 is 27.5 Å². The zero-order valence-electron chi connectivity index (χ0n) is 12.0. The molecule has 1 unspecified atom stereocenters. The molecule has 0 saturated carbocycles. The molecule has 6 heteroatoms. The molecule has 0 radical (unpaired) electrons. The number of hydrogen-bond donors (Lipinski definition) is 1. The fraction of sp³-hybridized carbons (Fsp3) is 0.571. The van der Waals surface area contributed by atoms with E-state index in [9.17, 15) is 13.5 Å². The minimum absolute atomic E-state index is 0.139. The number of ether oxygens (including phenoxy) is 2. The van der Waals surface area contributed by atoms with E-state index in [-0.39, 0.29) is 17.7 Å². The lowest BCUT2D eigenvalue weighted by molar-refractivity contribution is -0.107. The second-order valence-corrected chi connectivity index (χ2v) is 6.93. The Morgan fingerprint density at radius 2 is 1.65 bits per heavy atom. The van der Waals surface area contributed by atoms with Gasteiger partial charge in [0.25, 0.3) is 0 Å². The third-order valence-electron chi connectivity index (χ3n) is 3.10.